The SMILES string of the molecule is CCC(/C=C\c1ccccc1)=N/Nc1ccc(C)cc1. The second kappa shape index (κ2) is 7.29. The Morgan fingerprint density at radius 3 is 2.40 bits per heavy atom. The van der Waals surface area contributed by atoms with E-state index in [0.29, 0.717) is 0 Å². The molecule has 102 valence electrons. The van der Waals surface area contributed by atoms with Gasteiger partial charge in [0, 0.05) is 0 Å². The number of allylic oxidation sites excluding steroid dienone is 1. The molecule has 0 amide bonds. The van der Waals surface area contributed by atoms with E-state index in [1.54, 1.807) is 0 Å². The Morgan fingerprint density at radius 2 is 1.75 bits per heavy atom. The summed E-state index contributed by atoms with van der Waals surface area (Å²) >= 11 is 0. The maximum Gasteiger partial charge on any atom is 0.0604 e. The van der Waals surface area contributed by atoms with Crippen LogP contribution in [0, 0.1) is 6.92 Å². The lowest BCUT2D eigenvalue weighted by atomic mass is 10.2. The molecule has 20 heavy (non-hydrogen) atoms. The molecule has 0 aliphatic carbocycles. The quantitative estimate of drug-likeness (QED) is 0.603. The first-order chi connectivity index (χ1) is 9.78. The van der Waals surface area contributed by atoms with Crippen molar-refractivity contribution >= 4 is 17.5 Å². The lowest BCUT2D eigenvalue weighted by Gasteiger charge is -2.02. The van der Waals surface area contributed by atoms with Gasteiger partial charge in [-0.1, -0.05) is 61.0 Å². The number of anilines is 1. The van der Waals surface area contributed by atoms with Crippen molar-refractivity contribution in [1.29, 1.82) is 0 Å². The summed E-state index contributed by atoms with van der Waals surface area (Å²) in [5.41, 5.74) is 7.56. The molecule has 0 aliphatic heterocycles. The van der Waals surface area contributed by atoms with Crippen LogP contribution >= 0.6 is 0 Å². The summed E-state index contributed by atoms with van der Waals surface area (Å²) in [4.78, 5) is 0. The Hall–Kier alpha value is -2.35. The van der Waals surface area contributed by atoms with E-state index in [2.05, 4.69) is 60.8 Å². The average Bonchev–Trinajstić information content (AvgIpc) is 2.50. The van der Waals surface area contributed by atoms with Gasteiger partial charge in [-0.15, -0.1) is 0 Å². The molecule has 1 N–H and O–H groups in total. The van der Waals surface area contributed by atoms with Crippen molar-refractivity contribution in [2.75, 3.05) is 5.43 Å². The van der Waals surface area contributed by atoms with Gasteiger partial charge in [0.1, 0.15) is 0 Å². The van der Waals surface area contributed by atoms with Gasteiger partial charge in [0.25, 0.3) is 0 Å². The molecule has 0 atom stereocenters. The van der Waals surface area contributed by atoms with E-state index >= 15 is 0 Å². The zero-order chi connectivity index (χ0) is 14.2. The second-order valence-corrected chi connectivity index (χ2v) is 4.68. The first-order valence-electron chi connectivity index (χ1n) is 6.90. The molecular weight excluding hydrogens is 244 g/mol. The Morgan fingerprint density at radius 1 is 1.05 bits per heavy atom. The first-order valence-corrected chi connectivity index (χ1v) is 6.90. The zero-order valence-corrected chi connectivity index (χ0v) is 12.0. The lowest BCUT2D eigenvalue weighted by Crippen LogP contribution is -1.97. The molecule has 0 spiro atoms. The van der Waals surface area contributed by atoms with Gasteiger partial charge in [-0.3, -0.25) is 5.43 Å². The number of rotatable bonds is 5. The molecule has 2 rings (SSSR count). The van der Waals surface area contributed by atoms with Crippen LogP contribution in [0.4, 0.5) is 5.69 Å². The molecule has 0 bridgehead atoms. The fourth-order valence-electron chi connectivity index (χ4n) is 1.76. The highest BCUT2D eigenvalue weighted by Gasteiger charge is 1.93. The topological polar surface area (TPSA) is 24.4 Å². The van der Waals surface area contributed by atoms with Crippen molar-refractivity contribution in [3.63, 3.8) is 0 Å². The van der Waals surface area contributed by atoms with Crippen molar-refractivity contribution in [3.8, 4) is 0 Å². The monoisotopic (exact) mass is 264 g/mol. The van der Waals surface area contributed by atoms with E-state index < -0.39 is 0 Å². The van der Waals surface area contributed by atoms with E-state index in [0.717, 1.165) is 17.8 Å². The van der Waals surface area contributed by atoms with E-state index in [9.17, 15) is 0 Å². The number of nitrogens with zero attached hydrogens (tertiary/aromatic N) is 1. The van der Waals surface area contributed by atoms with Crippen LogP contribution in [0.15, 0.2) is 65.8 Å². The molecule has 2 nitrogen and oxygen atoms in total. The van der Waals surface area contributed by atoms with Crippen LogP contribution in [0.3, 0.4) is 0 Å². The average molecular weight is 264 g/mol. The van der Waals surface area contributed by atoms with Crippen LogP contribution < -0.4 is 5.43 Å². The van der Waals surface area contributed by atoms with Crippen LogP contribution in [-0.4, -0.2) is 5.71 Å². The van der Waals surface area contributed by atoms with Crippen molar-refractivity contribution in [1.82, 2.24) is 0 Å². The molecule has 0 fully saturated rings. The fourth-order valence-corrected chi connectivity index (χ4v) is 1.76. The highest BCUT2D eigenvalue weighted by atomic mass is 15.3. The molecule has 2 aromatic carbocycles. The third kappa shape index (κ3) is 4.39. The number of aryl methyl sites for hydroxylation is 1. The first kappa shape index (κ1) is 14.1. The van der Waals surface area contributed by atoms with Crippen LogP contribution in [0.5, 0.6) is 0 Å². The molecule has 0 aromatic heterocycles. The molecule has 0 heterocycles. The normalized spacial score (nSPS) is 11.8. The highest BCUT2D eigenvalue weighted by Crippen LogP contribution is 2.09. The van der Waals surface area contributed by atoms with E-state index in [1.165, 1.54) is 11.1 Å². The Labute approximate surface area is 120 Å². The van der Waals surface area contributed by atoms with Crippen molar-refractivity contribution in [2.45, 2.75) is 20.3 Å². The third-order valence-corrected chi connectivity index (χ3v) is 3.01. The minimum absolute atomic E-state index is 0.891. The number of hydrazone groups is 1. The third-order valence-electron chi connectivity index (χ3n) is 3.01. The van der Waals surface area contributed by atoms with Crippen LogP contribution in [0.1, 0.15) is 24.5 Å². The van der Waals surface area contributed by atoms with Gasteiger partial charge >= 0.3 is 0 Å². The minimum Gasteiger partial charge on any atom is -0.278 e. The molecule has 2 aromatic rings. The fraction of sp³-hybridized carbons (Fsp3) is 0.167. The zero-order valence-electron chi connectivity index (χ0n) is 12.0. The van der Waals surface area contributed by atoms with Crippen molar-refractivity contribution in [2.24, 2.45) is 5.10 Å². The summed E-state index contributed by atoms with van der Waals surface area (Å²) in [6.45, 7) is 4.18. The molecular formula is C18H20N2. The Kier molecular flexibility index (Phi) is 5.13. The van der Waals surface area contributed by atoms with Gasteiger partial charge in [0.05, 0.1) is 11.4 Å². The van der Waals surface area contributed by atoms with Gasteiger partial charge in [-0.25, -0.2) is 0 Å². The summed E-state index contributed by atoms with van der Waals surface area (Å²) in [6, 6.07) is 18.5. The molecule has 0 saturated carbocycles. The standard InChI is InChI=1S/C18H20N2/c1-3-17(14-11-16-7-5-4-6-8-16)19-20-18-12-9-15(2)10-13-18/h4-14,20H,3H2,1-2H3/b14-11-,19-17-. The molecule has 0 aliphatic rings. The Bertz CT molecular complexity index is 581. The van der Waals surface area contributed by atoms with Crippen LogP contribution in [0.25, 0.3) is 6.08 Å². The highest BCUT2D eigenvalue weighted by molar-refractivity contribution is 5.98. The summed E-state index contributed by atoms with van der Waals surface area (Å²) in [5.74, 6) is 0. The number of nitrogens with one attached hydrogen (secondary N) is 1. The predicted octanol–water partition coefficient (Wildman–Crippen LogP) is 4.89. The van der Waals surface area contributed by atoms with Gasteiger partial charge < -0.3 is 0 Å². The minimum atomic E-state index is 0.891. The van der Waals surface area contributed by atoms with Crippen LogP contribution in [-0.2, 0) is 0 Å². The van der Waals surface area contributed by atoms with Gasteiger partial charge in [0.2, 0.25) is 0 Å². The largest absolute Gasteiger partial charge is 0.278 e. The predicted molar refractivity (Wildman–Crippen MR) is 88.0 cm³/mol. The number of hydrogen-bond donors (Lipinski definition) is 1. The number of hydrogen-bond acceptors (Lipinski definition) is 2. The smallest absolute Gasteiger partial charge is 0.0604 e. The summed E-state index contributed by atoms with van der Waals surface area (Å²) < 4.78 is 0. The summed E-state index contributed by atoms with van der Waals surface area (Å²) in [7, 11) is 0. The van der Waals surface area contributed by atoms with Gasteiger partial charge in [0.15, 0.2) is 0 Å². The molecule has 2 heteroatoms. The second-order valence-electron chi connectivity index (χ2n) is 4.68. The number of benzene rings is 2. The van der Waals surface area contributed by atoms with E-state index in [1.807, 2.05) is 30.3 Å². The van der Waals surface area contributed by atoms with Gasteiger partial charge in [-0.05, 0) is 37.1 Å². The van der Waals surface area contributed by atoms with Gasteiger partial charge in [-0.2, -0.15) is 5.10 Å². The lowest BCUT2D eigenvalue weighted by molar-refractivity contribution is 1.23. The molecule has 0 unspecified atom stereocenters. The molecule has 0 radical (unpaired) electrons. The van der Waals surface area contributed by atoms with Crippen molar-refractivity contribution < 1.29 is 0 Å². The summed E-state index contributed by atoms with van der Waals surface area (Å²) in [5, 5.41) is 4.44. The molecule has 0 saturated heterocycles. The van der Waals surface area contributed by atoms with E-state index in [-0.39, 0.29) is 0 Å². The Balaban J connectivity index is 2.02. The summed E-state index contributed by atoms with van der Waals surface area (Å²) in [6.07, 6.45) is 5.03. The van der Waals surface area contributed by atoms with Crippen molar-refractivity contribution in [3.05, 3.63) is 71.8 Å². The van der Waals surface area contributed by atoms with E-state index in [4.69, 9.17) is 0 Å². The maximum atomic E-state index is 4.44. The van der Waals surface area contributed by atoms with Crippen LogP contribution in [0.2, 0.25) is 0 Å². The maximum absolute atomic E-state index is 4.44.